The molecular formula is C36H32F2N4S2. The van der Waals surface area contributed by atoms with E-state index in [2.05, 4.69) is 19.9 Å². The van der Waals surface area contributed by atoms with Crippen LogP contribution in [-0.4, -0.2) is 9.13 Å². The van der Waals surface area contributed by atoms with Crippen LogP contribution >= 0.6 is 22.7 Å². The molecule has 222 valence electrons. The average molecular weight is 623 g/mol. The Morgan fingerprint density at radius 2 is 0.864 bits per heavy atom. The van der Waals surface area contributed by atoms with Gasteiger partial charge in [0.05, 0.1) is 22.8 Å². The predicted octanol–water partition coefficient (Wildman–Crippen LogP) is 9.75. The Morgan fingerprint density at radius 3 is 1.25 bits per heavy atom. The second-order valence-electron chi connectivity index (χ2n) is 10.4. The van der Waals surface area contributed by atoms with Crippen LogP contribution in [0, 0.1) is 11.6 Å². The summed E-state index contributed by atoms with van der Waals surface area (Å²) in [6, 6.07) is 33.3. The molecule has 0 saturated carbocycles. The lowest BCUT2D eigenvalue weighted by atomic mass is 10.1. The van der Waals surface area contributed by atoms with Gasteiger partial charge in [-0.15, -0.1) is 22.7 Å². The van der Waals surface area contributed by atoms with Crippen LogP contribution in [0.1, 0.15) is 25.7 Å². The molecule has 0 amide bonds. The van der Waals surface area contributed by atoms with Gasteiger partial charge in [0.15, 0.2) is 9.60 Å². The van der Waals surface area contributed by atoms with Gasteiger partial charge in [-0.25, -0.2) is 18.8 Å². The van der Waals surface area contributed by atoms with Crippen molar-refractivity contribution in [3.05, 3.63) is 141 Å². The summed E-state index contributed by atoms with van der Waals surface area (Å²) >= 11 is 3.21. The minimum Gasteiger partial charge on any atom is -0.316 e. The first-order chi connectivity index (χ1) is 21.6. The largest absolute Gasteiger partial charge is 0.316 e. The third kappa shape index (κ3) is 7.38. The minimum atomic E-state index is -0.240. The first kappa shape index (κ1) is 29.7. The zero-order chi connectivity index (χ0) is 30.1. The number of unbranched alkanes of at least 4 members (excludes halogenated alkanes) is 3. The van der Waals surface area contributed by atoms with Crippen molar-refractivity contribution < 1.29 is 8.78 Å². The summed E-state index contributed by atoms with van der Waals surface area (Å²) in [7, 11) is 0. The van der Waals surface area contributed by atoms with E-state index in [0.29, 0.717) is 0 Å². The van der Waals surface area contributed by atoms with Crippen molar-refractivity contribution in [3.8, 4) is 22.5 Å². The first-order valence-corrected chi connectivity index (χ1v) is 16.5. The fraction of sp³-hybridized carbons (Fsp3) is 0.167. The van der Waals surface area contributed by atoms with Crippen molar-refractivity contribution in [1.82, 2.24) is 9.13 Å². The molecule has 0 aliphatic heterocycles. The average Bonchev–Trinajstić information content (AvgIpc) is 3.64. The van der Waals surface area contributed by atoms with Crippen molar-refractivity contribution in [2.75, 3.05) is 0 Å². The molecule has 0 saturated heterocycles. The number of aromatic nitrogens is 2. The lowest BCUT2D eigenvalue weighted by molar-refractivity contribution is 0.535. The van der Waals surface area contributed by atoms with Crippen molar-refractivity contribution in [2.45, 2.75) is 38.8 Å². The molecule has 0 N–H and O–H groups in total. The van der Waals surface area contributed by atoms with E-state index in [9.17, 15) is 8.78 Å². The molecule has 0 spiro atoms. The minimum absolute atomic E-state index is 0.240. The normalized spacial score (nSPS) is 12.2. The van der Waals surface area contributed by atoms with E-state index in [1.807, 2.05) is 84.9 Å². The summed E-state index contributed by atoms with van der Waals surface area (Å²) < 4.78 is 31.8. The Balaban J connectivity index is 1.16. The van der Waals surface area contributed by atoms with E-state index >= 15 is 0 Å². The molecular weight excluding hydrogens is 591 g/mol. The zero-order valence-corrected chi connectivity index (χ0v) is 25.8. The Bertz CT molecular complexity index is 1780. The van der Waals surface area contributed by atoms with Crippen molar-refractivity contribution in [1.29, 1.82) is 0 Å². The number of rotatable bonds is 11. The monoisotopic (exact) mass is 622 g/mol. The van der Waals surface area contributed by atoms with Gasteiger partial charge in [-0.2, -0.15) is 0 Å². The van der Waals surface area contributed by atoms with Crippen molar-refractivity contribution in [3.63, 3.8) is 0 Å². The molecule has 0 unspecified atom stereocenters. The maximum atomic E-state index is 13.6. The summed E-state index contributed by atoms with van der Waals surface area (Å²) in [6.07, 6.45) is 4.09. The smallest absolute Gasteiger partial charge is 0.190 e. The van der Waals surface area contributed by atoms with E-state index in [0.717, 1.165) is 82.3 Å². The van der Waals surface area contributed by atoms with Crippen LogP contribution in [0.2, 0.25) is 0 Å². The third-order valence-electron chi connectivity index (χ3n) is 7.35. The molecule has 44 heavy (non-hydrogen) atoms. The molecule has 8 heteroatoms. The summed E-state index contributed by atoms with van der Waals surface area (Å²) in [4.78, 5) is 11.7. The highest BCUT2D eigenvalue weighted by Crippen LogP contribution is 2.24. The van der Waals surface area contributed by atoms with Crippen LogP contribution in [0.25, 0.3) is 22.5 Å². The standard InChI is InChI=1S/C36H32F2N4S2/c37-29-19-15-27(16-20-29)33-25-43-35(39-31-11-5-3-6-12-31)41(33)23-9-1-2-10-24-42-34(28-17-21-30(38)22-18-28)26-44-36(42)40-32-13-7-4-8-14-32/h3-8,11-22,25-26H,1-2,9-10,23-24H2. The quantitative estimate of drug-likeness (QED) is 0.129. The van der Waals surface area contributed by atoms with E-state index < -0.39 is 0 Å². The maximum absolute atomic E-state index is 13.6. The van der Waals surface area contributed by atoms with Crippen LogP contribution in [0.5, 0.6) is 0 Å². The summed E-state index contributed by atoms with van der Waals surface area (Å²) in [6.45, 7) is 1.64. The second-order valence-corrected chi connectivity index (χ2v) is 12.1. The third-order valence-corrected chi connectivity index (χ3v) is 9.08. The fourth-order valence-electron chi connectivity index (χ4n) is 5.09. The zero-order valence-electron chi connectivity index (χ0n) is 24.2. The highest BCUT2D eigenvalue weighted by molar-refractivity contribution is 7.07. The molecule has 0 bridgehead atoms. The van der Waals surface area contributed by atoms with Crippen molar-refractivity contribution in [2.24, 2.45) is 9.98 Å². The Kier molecular flexibility index (Phi) is 9.70. The summed E-state index contributed by atoms with van der Waals surface area (Å²) in [5.41, 5.74) is 5.89. The van der Waals surface area contributed by atoms with Crippen molar-refractivity contribution >= 4 is 34.0 Å². The lowest BCUT2D eigenvalue weighted by Gasteiger charge is -2.11. The molecule has 2 aromatic heterocycles. The van der Waals surface area contributed by atoms with E-state index in [-0.39, 0.29) is 11.6 Å². The second kappa shape index (κ2) is 14.4. The SMILES string of the molecule is Fc1ccc(-c2csc(=Nc3ccccc3)n2CCCCCCn2c(-c3ccc(F)cc3)csc2=Nc2ccccc2)cc1. The molecule has 2 heterocycles. The van der Waals surface area contributed by atoms with Crippen LogP contribution in [0.3, 0.4) is 0 Å². The van der Waals surface area contributed by atoms with Crippen LogP contribution in [0.4, 0.5) is 20.2 Å². The molecule has 4 nitrogen and oxygen atoms in total. The molecule has 0 radical (unpaired) electrons. The number of halogens is 2. The number of hydrogen-bond donors (Lipinski definition) is 0. The van der Waals surface area contributed by atoms with Crippen LogP contribution < -0.4 is 9.60 Å². The van der Waals surface area contributed by atoms with Gasteiger partial charge in [0.25, 0.3) is 0 Å². The molecule has 0 fully saturated rings. The molecule has 6 rings (SSSR count). The number of benzene rings is 4. The van der Waals surface area contributed by atoms with Gasteiger partial charge in [0.2, 0.25) is 0 Å². The molecule has 0 aliphatic carbocycles. The lowest BCUT2D eigenvalue weighted by Crippen LogP contribution is -2.17. The van der Waals surface area contributed by atoms with Gasteiger partial charge in [0, 0.05) is 23.8 Å². The predicted molar refractivity (Wildman–Crippen MR) is 177 cm³/mol. The van der Waals surface area contributed by atoms with Gasteiger partial charge in [-0.3, -0.25) is 0 Å². The van der Waals surface area contributed by atoms with Gasteiger partial charge < -0.3 is 9.13 Å². The number of thiazole rings is 2. The van der Waals surface area contributed by atoms with E-state index in [1.165, 1.54) is 24.3 Å². The number of hydrogen-bond acceptors (Lipinski definition) is 4. The fourth-order valence-corrected chi connectivity index (χ4v) is 7.00. The van der Waals surface area contributed by atoms with E-state index in [4.69, 9.17) is 9.98 Å². The Morgan fingerprint density at radius 1 is 0.477 bits per heavy atom. The van der Waals surface area contributed by atoms with Crippen LogP contribution in [-0.2, 0) is 13.1 Å². The highest BCUT2D eigenvalue weighted by Gasteiger charge is 2.11. The molecule has 4 aromatic carbocycles. The maximum Gasteiger partial charge on any atom is 0.190 e. The number of nitrogens with zero attached hydrogens (tertiary/aromatic N) is 4. The van der Waals surface area contributed by atoms with Crippen LogP contribution in [0.15, 0.2) is 130 Å². The topological polar surface area (TPSA) is 34.6 Å². The van der Waals surface area contributed by atoms with Gasteiger partial charge >= 0.3 is 0 Å². The summed E-state index contributed by atoms with van der Waals surface area (Å²) in [5.74, 6) is -0.481. The highest BCUT2D eigenvalue weighted by atomic mass is 32.1. The van der Waals surface area contributed by atoms with Gasteiger partial charge in [-0.05, 0) is 96.8 Å². The molecule has 0 atom stereocenters. The Labute approximate surface area is 263 Å². The first-order valence-electron chi connectivity index (χ1n) is 14.7. The summed E-state index contributed by atoms with van der Waals surface area (Å²) in [5, 5.41) is 4.22. The van der Waals surface area contributed by atoms with Gasteiger partial charge in [-0.1, -0.05) is 49.2 Å². The molecule has 0 aliphatic rings. The van der Waals surface area contributed by atoms with Gasteiger partial charge in [0.1, 0.15) is 11.6 Å². The molecule has 6 aromatic rings. The number of para-hydroxylation sites is 2. The Hall–Kier alpha value is -4.40. The van der Waals surface area contributed by atoms with E-state index in [1.54, 1.807) is 22.7 Å².